The molecule has 0 aromatic carbocycles. The summed E-state index contributed by atoms with van der Waals surface area (Å²) in [4.78, 5) is 1.39. The van der Waals surface area contributed by atoms with E-state index in [1.807, 2.05) is 0 Å². The fourth-order valence-corrected chi connectivity index (χ4v) is 3.61. The first-order chi connectivity index (χ1) is 8.24. The van der Waals surface area contributed by atoms with E-state index in [1.165, 1.54) is 47.9 Å². The van der Waals surface area contributed by atoms with Crippen molar-refractivity contribution < 1.29 is 0 Å². The molecule has 3 heteroatoms. The van der Waals surface area contributed by atoms with Crippen LogP contribution in [0.25, 0.3) is 0 Å². The number of hydrogen-bond donors (Lipinski definition) is 1. The van der Waals surface area contributed by atoms with Crippen molar-refractivity contribution in [3.05, 3.63) is 20.8 Å². The molecule has 17 heavy (non-hydrogen) atoms. The Kier molecular flexibility index (Phi) is 8.15. The molecular formula is C14H24BrNS. The highest BCUT2D eigenvalue weighted by molar-refractivity contribution is 9.10. The van der Waals surface area contributed by atoms with Crippen LogP contribution >= 0.6 is 27.3 Å². The van der Waals surface area contributed by atoms with E-state index in [0.29, 0.717) is 6.04 Å². The van der Waals surface area contributed by atoms with E-state index in [9.17, 15) is 0 Å². The topological polar surface area (TPSA) is 26.0 Å². The Hall–Kier alpha value is 0.140. The lowest BCUT2D eigenvalue weighted by molar-refractivity contribution is 0.534. The van der Waals surface area contributed by atoms with Crippen molar-refractivity contribution in [3.8, 4) is 0 Å². The molecule has 0 radical (unpaired) electrons. The van der Waals surface area contributed by atoms with E-state index in [4.69, 9.17) is 5.73 Å². The molecule has 98 valence electrons. The van der Waals surface area contributed by atoms with Gasteiger partial charge < -0.3 is 5.73 Å². The summed E-state index contributed by atoms with van der Waals surface area (Å²) in [5.41, 5.74) is 6.16. The molecule has 0 aliphatic carbocycles. The van der Waals surface area contributed by atoms with Crippen molar-refractivity contribution in [1.82, 2.24) is 0 Å². The Morgan fingerprint density at radius 2 is 1.94 bits per heavy atom. The van der Waals surface area contributed by atoms with Crippen molar-refractivity contribution in [1.29, 1.82) is 0 Å². The zero-order valence-electron chi connectivity index (χ0n) is 10.8. The molecule has 1 nitrogen and oxygen atoms in total. The Labute approximate surface area is 118 Å². The molecular weight excluding hydrogens is 294 g/mol. The molecule has 1 aromatic heterocycles. The van der Waals surface area contributed by atoms with Gasteiger partial charge >= 0.3 is 0 Å². The van der Waals surface area contributed by atoms with Gasteiger partial charge in [0.2, 0.25) is 0 Å². The molecule has 0 saturated heterocycles. The van der Waals surface area contributed by atoms with Gasteiger partial charge in [-0.15, -0.1) is 11.3 Å². The van der Waals surface area contributed by atoms with E-state index < -0.39 is 0 Å². The maximum Gasteiger partial charge on any atom is 0.0314 e. The third-order valence-corrected chi connectivity index (χ3v) is 5.02. The second kappa shape index (κ2) is 9.12. The monoisotopic (exact) mass is 317 g/mol. The van der Waals surface area contributed by atoms with Gasteiger partial charge in [-0.05, 0) is 40.2 Å². The smallest absolute Gasteiger partial charge is 0.0314 e. The Balaban J connectivity index is 2.05. The Morgan fingerprint density at radius 3 is 2.59 bits per heavy atom. The van der Waals surface area contributed by atoms with E-state index >= 15 is 0 Å². The molecule has 2 N–H and O–H groups in total. The van der Waals surface area contributed by atoms with Gasteiger partial charge in [0.25, 0.3) is 0 Å². The number of hydrogen-bond acceptors (Lipinski definition) is 2. The number of nitrogens with two attached hydrogens (primary N) is 1. The van der Waals surface area contributed by atoms with Crippen LogP contribution in [0.2, 0.25) is 0 Å². The average Bonchev–Trinajstić information content (AvgIpc) is 2.69. The molecule has 0 saturated carbocycles. The van der Waals surface area contributed by atoms with Crippen LogP contribution in [0, 0.1) is 0 Å². The van der Waals surface area contributed by atoms with E-state index in [1.54, 1.807) is 11.3 Å². The van der Waals surface area contributed by atoms with Gasteiger partial charge in [0.15, 0.2) is 0 Å². The highest BCUT2D eigenvalue weighted by Crippen LogP contribution is 2.24. The zero-order valence-corrected chi connectivity index (χ0v) is 13.2. The van der Waals surface area contributed by atoms with Gasteiger partial charge in [-0.2, -0.15) is 0 Å². The largest absolute Gasteiger partial charge is 0.327 e. The van der Waals surface area contributed by atoms with Crippen LogP contribution in [-0.4, -0.2) is 6.04 Å². The van der Waals surface area contributed by atoms with Crippen LogP contribution in [0.5, 0.6) is 0 Å². The Morgan fingerprint density at radius 1 is 1.24 bits per heavy atom. The van der Waals surface area contributed by atoms with E-state index in [-0.39, 0.29) is 0 Å². The minimum absolute atomic E-state index is 0.330. The predicted molar refractivity (Wildman–Crippen MR) is 81.7 cm³/mol. The summed E-state index contributed by atoms with van der Waals surface area (Å²) in [6, 6.07) is 2.44. The molecule has 0 aliphatic heterocycles. The van der Waals surface area contributed by atoms with Gasteiger partial charge in [-0.1, -0.05) is 45.4 Å². The highest BCUT2D eigenvalue weighted by atomic mass is 79.9. The highest BCUT2D eigenvalue weighted by Gasteiger charge is 2.07. The second-order valence-electron chi connectivity index (χ2n) is 4.71. The SMILES string of the molecule is CCCCCCCCC(N)Cc1sccc1Br. The summed E-state index contributed by atoms with van der Waals surface area (Å²) in [5.74, 6) is 0. The van der Waals surface area contributed by atoms with Crippen LogP contribution in [0.4, 0.5) is 0 Å². The quantitative estimate of drug-likeness (QED) is 0.628. The number of rotatable bonds is 9. The van der Waals surface area contributed by atoms with Crippen molar-refractivity contribution >= 4 is 27.3 Å². The molecule has 0 aliphatic rings. The summed E-state index contributed by atoms with van der Waals surface area (Å²) in [6.07, 6.45) is 10.3. The van der Waals surface area contributed by atoms with Gasteiger partial charge in [-0.25, -0.2) is 0 Å². The molecule has 0 bridgehead atoms. The maximum absolute atomic E-state index is 6.16. The first-order valence-corrected chi connectivity index (χ1v) is 8.38. The predicted octanol–water partition coefficient (Wildman–Crippen LogP) is 5.13. The van der Waals surface area contributed by atoms with Crippen LogP contribution in [0.15, 0.2) is 15.9 Å². The van der Waals surface area contributed by atoms with Gasteiger partial charge in [0.05, 0.1) is 0 Å². The van der Waals surface area contributed by atoms with Crippen LogP contribution in [0.3, 0.4) is 0 Å². The zero-order chi connectivity index (χ0) is 12.5. The molecule has 1 rings (SSSR count). The van der Waals surface area contributed by atoms with Gasteiger partial charge in [0, 0.05) is 15.4 Å². The lowest BCUT2D eigenvalue weighted by atomic mass is 10.0. The minimum Gasteiger partial charge on any atom is -0.327 e. The third-order valence-electron chi connectivity index (χ3n) is 3.07. The van der Waals surface area contributed by atoms with Crippen LogP contribution < -0.4 is 5.73 Å². The maximum atomic E-state index is 6.16. The average molecular weight is 318 g/mol. The molecule has 1 atom stereocenters. The summed E-state index contributed by atoms with van der Waals surface area (Å²) in [6.45, 7) is 2.26. The van der Waals surface area contributed by atoms with Crippen molar-refractivity contribution in [2.45, 2.75) is 64.3 Å². The lowest BCUT2D eigenvalue weighted by Crippen LogP contribution is -2.22. The van der Waals surface area contributed by atoms with Gasteiger partial charge in [0.1, 0.15) is 0 Å². The standard InChI is InChI=1S/C14H24BrNS/c1-2-3-4-5-6-7-8-12(16)11-14-13(15)9-10-17-14/h9-10,12H,2-8,11,16H2,1H3. The van der Waals surface area contributed by atoms with Crippen LogP contribution in [0.1, 0.15) is 56.7 Å². The van der Waals surface area contributed by atoms with E-state index in [2.05, 4.69) is 34.3 Å². The number of thiophene rings is 1. The van der Waals surface area contributed by atoms with E-state index in [0.717, 1.165) is 12.8 Å². The first kappa shape index (κ1) is 15.2. The van der Waals surface area contributed by atoms with Crippen molar-refractivity contribution in [3.63, 3.8) is 0 Å². The van der Waals surface area contributed by atoms with Crippen LogP contribution in [-0.2, 0) is 6.42 Å². The summed E-state index contributed by atoms with van der Waals surface area (Å²) >= 11 is 5.36. The second-order valence-corrected chi connectivity index (χ2v) is 6.57. The molecule has 0 amide bonds. The third kappa shape index (κ3) is 6.58. The minimum atomic E-state index is 0.330. The molecule has 1 unspecified atom stereocenters. The van der Waals surface area contributed by atoms with Gasteiger partial charge in [-0.3, -0.25) is 0 Å². The summed E-state index contributed by atoms with van der Waals surface area (Å²) in [7, 11) is 0. The van der Waals surface area contributed by atoms with Crippen molar-refractivity contribution in [2.24, 2.45) is 5.73 Å². The normalized spacial score (nSPS) is 12.9. The number of halogens is 1. The fourth-order valence-electron chi connectivity index (χ4n) is 2.00. The first-order valence-electron chi connectivity index (χ1n) is 6.71. The fraction of sp³-hybridized carbons (Fsp3) is 0.714. The van der Waals surface area contributed by atoms with Crippen molar-refractivity contribution in [2.75, 3.05) is 0 Å². The summed E-state index contributed by atoms with van der Waals surface area (Å²) in [5, 5.41) is 2.12. The lowest BCUT2D eigenvalue weighted by Gasteiger charge is -2.10. The molecule has 0 fully saturated rings. The molecule has 1 aromatic rings. The Bertz CT molecular complexity index is 298. The molecule has 1 heterocycles. The molecule has 0 spiro atoms. The summed E-state index contributed by atoms with van der Waals surface area (Å²) < 4.78 is 1.22. The number of unbranched alkanes of at least 4 members (excludes halogenated alkanes) is 5.